The average Bonchev–Trinajstić information content (AvgIpc) is 1.47. The molecule has 4 aliphatic rings. The molecule has 4 atom stereocenters. The Morgan fingerprint density at radius 2 is 1.47 bits per heavy atom. The van der Waals surface area contributed by atoms with Gasteiger partial charge in [-0.05, 0) is 91.1 Å². The van der Waals surface area contributed by atoms with Gasteiger partial charge in [-0.1, -0.05) is 108 Å². The topological polar surface area (TPSA) is 233 Å². The molecule has 92 heavy (non-hydrogen) atoms. The van der Waals surface area contributed by atoms with E-state index < -0.39 is 81.8 Å². The van der Waals surface area contributed by atoms with E-state index in [1.807, 2.05) is 73.5 Å². The molecule has 6 amide bonds. The Labute approximate surface area is 539 Å². The minimum absolute atomic E-state index is 0.0525. The van der Waals surface area contributed by atoms with Crippen molar-refractivity contribution >= 4 is 58.2 Å². The Morgan fingerprint density at radius 3 is 2.12 bits per heavy atom. The fraction of sp³-hybridized carbons (Fsp3) is 0.529. The summed E-state index contributed by atoms with van der Waals surface area (Å²) in [7, 11) is 2.01. The van der Waals surface area contributed by atoms with Crippen LogP contribution >= 0.6 is 11.3 Å². The number of amides is 6. The molecule has 3 saturated heterocycles. The highest BCUT2D eigenvalue weighted by molar-refractivity contribution is 7.13. The number of pyridine rings is 1. The zero-order valence-corrected chi connectivity index (χ0v) is 54.1. The molecule has 5 heterocycles. The predicted octanol–water partition coefficient (Wildman–Crippen LogP) is 9.01. The minimum atomic E-state index is -4.92. The van der Waals surface area contributed by atoms with E-state index in [4.69, 9.17) is 0 Å². The number of rotatable bonds is 26. The van der Waals surface area contributed by atoms with Crippen LogP contribution in [0.5, 0.6) is 0 Å². The number of benzene rings is 3. The summed E-state index contributed by atoms with van der Waals surface area (Å²) in [4.78, 5) is 111. The largest absolute Gasteiger partial charge is 0.417 e. The molecule has 496 valence electrons. The quantitative estimate of drug-likeness (QED) is 0.0225. The molecule has 2 aromatic heterocycles. The van der Waals surface area contributed by atoms with E-state index in [1.165, 1.54) is 16.2 Å². The number of alkyl halides is 4. The number of anilines is 2. The smallest absolute Gasteiger partial charge is 0.391 e. The van der Waals surface area contributed by atoms with E-state index in [-0.39, 0.29) is 44.0 Å². The van der Waals surface area contributed by atoms with Crippen molar-refractivity contribution in [1.82, 2.24) is 45.5 Å². The number of aliphatic hydroxyl groups is 1. The number of aromatic nitrogens is 2. The third-order valence-corrected chi connectivity index (χ3v) is 18.9. The van der Waals surface area contributed by atoms with Gasteiger partial charge in [0.05, 0.1) is 57.1 Å². The molecule has 0 unspecified atom stereocenters. The van der Waals surface area contributed by atoms with Gasteiger partial charge in [0, 0.05) is 97.1 Å². The summed E-state index contributed by atoms with van der Waals surface area (Å²) in [5, 5.41) is 22.2. The lowest BCUT2D eigenvalue weighted by atomic mass is 9.85. The Morgan fingerprint density at radius 1 is 0.804 bits per heavy atom. The summed E-state index contributed by atoms with van der Waals surface area (Å²) in [6.07, 6.45) is 2.92. The average molecular weight is 1290 g/mol. The lowest BCUT2D eigenvalue weighted by Crippen LogP contribution is -2.59. The number of carbonyl (C=O) groups is 6. The normalized spacial score (nSPS) is 18.5. The molecule has 3 aliphatic heterocycles. The first-order chi connectivity index (χ1) is 43.8. The maximum absolute atomic E-state index is 14.8. The number of nitrogens with zero attached hydrogens (tertiary/aromatic N) is 6. The lowest BCUT2D eigenvalue weighted by molar-refractivity contribution is -0.145. The fourth-order valence-corrected chi connectivity index (χ4v) is 13.1. The Kier molecular flexibility index (Phi) is 22.8. The lowest BCUT2D eigenvalue weighted by Gasteiger charge is -2.36. The van der Waals surface area contributed by atoms with Crippen molar-refractivity contribution in [3.05, 3.63) is 123 Å². The molecule has 5 aromatic rings. The summed E-state index contributed by atoms with van der Waals surface area (Å²) in [6, 6.07) is 18.5. The van der Waals surface area contributed by atoms with E-state index in [9.17, 15) is 56.2 Å². The first-order valence-corrected chi connectivity index (χ1v) is 33.1. The number of aryl methyl sites for hydroxylation is 1. The van der Waals surface area contributed by atoms with Gasteiger partial charge < -0.3 is 51.0 Å². The second-order valence-corrected chi connectivity index (χ2v) is 27.0. The van der Waals surface area contributed by atoms with Crippen LogP contribution in [0.4, 0.5) is 28.9 Å². The van der Waals surface area contributed by atoms with Crippen LogP contribution in [0.25, 0.3) is 21.6 Å². The third kappa shape index (κ3) is 18.2. The molecule has 6 N–H and O–H groups in total. The second kappa shape index (κ2) is 30.5. The van der Waals surface area contributed by atoms with Gasteiger partial charge in [-0.2, -0.15) is 13.2 Å². The molecule has 0 spiro atoms. The standard InChI is InChI=1S/C68H87F4N11O8S/c1-44-60(92-43-75-44)47-20-18-46(19-21-47)53(76-63(89)56-37-50(84)42-83(56)64(90)61(66(2,3)4)78-65(91)67(69)24-25-67)39-58(86)73-26-13-11-9-7-6-8-10-12-17-59(87)82-33-29-80(30-34-82)41-45-15-14-16-48(35-45)49-22-23-55(81-31-27-79(5)28-32-81)54(36-49)77-62(88)51-40-74-57(85)38-52(51)68(70,71)72/h14-16,18-23,35-36,38,40,43,50,53,56,61,84H,6-13,17,24-34,37,39,41-42H2,1-5H3,(H,73,86)(H,74,85)(H,76,89)(H,77,88)(H,78,91)/t50-,53+,56+,61-/m1/s1. The summed E-state index contributed by atoms with van der Waals surface area (Å²) in [6.45, 7) is 13.6. The molecule has 19 nitrogen and oxygen atoms in total. The second-order valence-electron chi connectivity index (χ2n) is 26.2. The number of hydrogen-bond donors (Lipinski definition) is 6. The number of halogens is 4. The van der Waals surface area contributed by atoms with Gasteiger partial charge in [-0.3, -0.25) is 38.5 Å². The van der Waals surface area contributed by atoms with Crippen LogP contribution in [0.15, 0.2) is 89.3 Å². The number of likely N-dealkylation sites (N-methyl/N-ethyl adjacent to an activating group) is 1. The highest BCUT2D eigenvalue weighted by atomic mass is 32.1. The number of H-pyrrole nitrogens is 1. The van der Waals surface area contributed by atoms with E-state index in [2.05, 4.69) is 52.0 Å². The van der Waals surface area contributed by atoms with Crippen LogP contribution in [0.3, 0.4) is 0 Å². The summed E-state index contributed by atoms with van der Waals surface area (Å²) < 4.78 is 56.7. The number of carbonyl (C=O) groups excluding carboxylic acids is 6. The molecule has 9 rings (SSSR count). The van der Waals surface area contributed by atoms with Gasteiger partial charge in [0.2, 0.25) is 29.2 Å². The summed E-state index contributed by atoms with van der Waals surface area (Å²) in [5.41, 5.74) is 2.16. The fourth-order valence-electron chi connectivity index (χ4n) is 12.3. The van der Waals surface area contributed by atoms with Gasteiger partial charge in [-0.25, -0.2) is 9.37 Å². The van der Waals surface area contributed by atoms with E-state index in [1.54, 1.807) is 32.3 Å². The van der Waals surface area contributed by atoms with E-state index >= 15 is 0 Å². The molecular formula is C68H87F4N11O8S. The maximum Gasteiger partial charge on any atom is 0.417 e. The zero-order valence-electron chi connectivity index (χ0n) is 53.3. The molecule has 1 saturated carbocycles. The Hall–Kier alpha value is -7.54. The number of thiazole rings is 1. The van der Waals surface area contributed by atoms with Crippen LogP contribution < -0.4 is 31.7 Å². The van der Waals surface area contributed by atoms with Gasteiger partial charge in [0.1, 0.15) is 12.1 Å². The van der Waals surface area contributed by atoms with Gasteiger partial charge >= 0.3 is 6.18 Å². The van der Waals surface area contributed by atoms with Crippen molar-refractivity contribution in [3.63, 3.8) is 0 Å². The number of β-amino-alcohol motifs (C(OH)–C–C–N with tert-alkyl or cyclic N) is 1. The van der Waals surface area contributed by atoms with Crippen LogP contribution in [-0.4, -0.2) is 166 Å². The molecule has 0 bridgehead atoms. The van der Waals surface area contributed by atoms with Crippen LogP contribution in [-0.2, 0) is 36.7 Å². The minimum Gasteiger partial charge on any atom is -0.391 e. The Balaban J connectivity index is 0.683. The van der Waals surface area contributed by atoms with Crippen molar-refractivity contribution in [1.29, 1.82) is 0 Å². The molecule has 3 aromatic carbocycles. The van der Waals surface area contributed by atoms with Crippen LogP contribution in [0, 0.1) is 12.3 Å². The molecule has 0 radical (unpaired) electrons. The number of unbranched alkanes of at least 4 members (excludes halogenated alkanes) is 7. The SMILES string of the molecule is Cc1ncsc1-c1ccc([C@H](CC(=O)NCCCCCCCCCCC(=O)N2CCN(Cc3cccc(-c4ccc(N5CCN(C)CC5)c(NC(=O)c5c[nH]c(=O)cc5C(F)(F)F)c4)c3)CC2)NC(=O)[C@@H]2C[C@@H](O)CN2C(=O)[C@@H](NC(=O)C2(F)CC2)C(C)(C)C)cc1. The van der Waals surface area contributed by atoms with Crippen LogP contribution in [0.2, 0.25) is 0 Å². The number of piperazine rings is 2. The van der Waals surface area contributed by atoms with Gasteiger partial charge in [0.25, 0.3) is 11.8 Å². The Bertz CT molecular complexity index is 3460. The van der Waals surface area contributed by atoms with Crippen molar-refractivity contribution in [2.24, 2.45) is 5.41 Å². The van der Waals surface area contributed by atoms with Crippen molar-refractivity contribution in [3.8, 4) is 21.6 Å². The number of nitrogens with one attached hydrogen (secondary N) is 5. The molecule has 1 aliphatic carbocycles. The highest BCUT2D eigenvalue weighted by Gasteiger charge is 2.53. The molecule has 24 heteroatoms. The van der Waals surface area contributed by atoms with Gasteiger partial charge in [0.15, 0.2) is 5.67 Å². The molecule has 4 fully saturated rings. The number of hydrogen-bond acceptors (Lipinski definition) is 13. The highest BCUT2D eigenvalue weighted by Crippen LogP contribution is 2.41. The monoisotopic (exact) mass is 1290 g/mol. The summed E-state index contributed by atoms with van der Waals surface area (Å²) >= 11 is 1.51. The number of likely N-dealkylation sites (tertiary alicyclic amines) is 1. The first kappa shape index (κ1) is 68.8. The van der Waals surface area contributed by atoms with Crippen molar-refractivity contribution < 1.29 is 51.4 Å². The summed E-state index contributed by atoms with van der Waals surface area (Å²) in [5.74, 6) is -3.11. The number of aliphatic hydroxyl groups excluding tert-OH is 1. The third-order valence-electron chi connectivity index (χ3n) is 18.0. The van der Waals surface area contributed by atoms with Gasteiger partial charge in [-0.15, -0.1) is 11.3 Å². The zero-order chi connectivity index (χ0) is 65.9. The maximum atomic E-state index is 14.8. The van der Waals surface area contributed by atoms with Crippen molar-refractivity contribution in [2.45, 2.75) is 154 Å². The van der Waals surface area contributed by atoms with Crippen molar-refractivity contribution in [2.75, 3.05) is 82.7 Å². The number of aromatic amines is 1. The molecular weight excluding hydrogens is 1210 g/mol. The van der Waals surface area contributed by atoms with E-state index in [0.717, 1.165) is 103 Å². The van der Waals surface area contributed by atoms with E-state index in [0.29, 0.717) is 81.8 Å². The predicted molar refractivity (Wildman–Crippen MR) is 346 cm³/mol. The first-order valence-electron chi connectivity index (χ1n) is 32.2. The van der Waals surface area contributed by atoms with Crippen LogP contribution in [0.1, 0.15) is 143 Å².